The quantitative estimate of drug-likeness (QED) is 0.855. The van der Waals surface area contributed by atoms with Crippen molar-refractivity contribution in [1.82, 2.24) is 10.2 Å². The highest BCUT2D eigenvalue weighted by Crippen LogP contribution is 2.30. The third kappa shape index (κ3) is 4.00. The summed E-state index contributed by atoms with van der Waals surface area (Å²) < 4.78 is 0. The fraction of sp³-hybridized carbons (Fsp3) is 0.526. The molecule has 2 aliphatic rings. The van der Waals surface area contributed by atoms with Crippen molar-refractivity contribution in [2.24, 2.45) is 11.8 Å². The molecular weight excluding hydrogens is 320 g/mol. The van der Waals surface area contributed by atoms with Crippen LogP contribution in [0.3, 0.4) is 0 Å². The summed E-state index contributed by atoms with van der Waals surface area (Å²) in [5, 5.41) is 12.1. The van der Waals surface area contributed by atoms with Gasteiger partial charge >= 0.3 is 5.97 Å². The third-order valence-corrected chi connectivity index (χ3v) is 5.30. The van der Waals surface area contributed by atoms with E-state index in [1.807, 2.05) is 4.90 Å². The van der Waals surface area contributed by atoms with E-state index in [0.29, 0.717) is 31.5 Å². The molecule has 6 nitrogen and oxygen atoms in total. The van der Waals surface area contributed by atoms with E-state index >= 15 is 0 Å². The Balaban J connectivity index is 1.55. The van der Waals surface area contributed by atoms with Gasteiger partial charge in [0, 0.05) is 24.9 Å². The average molecular weight is 344 g/mol. The second kappa shape index (κ2) is 7.68. The first-order valence-corrected chi connectivity index (χ1v) is 8.93. The van der Waals surface area contributed by atoms with Gasteiger partial charge in [0.15, 0.2) is 6.04 Å². The molecule has 1 saturated carbocycles. The van der Waals surface area contributed by atoms with Gasteiger partial charge in [-0.15, -0.1) is 0 Å². The smallest absolute Gasteiger partial charge is 0.330 e. The van der Waals surface area contributed by atoms with Gasteiger partial charge in [-0.25, -0.2) is 4.79 Å². The minimum atomic E-state index is -1.07. The first-order valence-electron chi connectivity index (χ1n) is 8.93. The Morgan fingerprint density at radius 2 is 1.64 bits per heavy atom. The van der Waals surface area contributed by atoms with Gasteiger partial charge in [0.2, 0.25) is 11.8 Å². The van der Waals surface area contributed by atoms with Crippen LogP contribution in [0.2, 0.25) is 0 Å². The number of carboxylic acids is 1. The third-order valence-electron chi connectivity index (χ3n) is 5.30. The molecule has 1 aliphatic heterocycles. The zero-order valence-corrected chi connectivity index (χ0v) is 14.2. The lowest BCUT2D eigenvalue weighted by Gasteiger charge is -2.36. The van der Waals surface area contributed by atoms with Crippen LogP contribution in [0.1, 0.15) is 43.7 Å². The summed E-state index contributed by atoms with van der Waals surface area (Å²) in [7, 11) is 0. The molecule has 3 rings (SSSR count). The van der Waals surface area contributed by atoms with Gasteiger partial charge < -0.3 is 15.3 Å². The zero-order valence-electron chi connectivity index (χ0n) is 14.2. The van der Waals surface area contributed by atoms with Crippen LogP contribution in [0.5, 0.6) is 0 Å². The van der Waals surface area contributed by atoms with Crippen molar-refractivity contribution < 1.29 is 19.5 Å². The Morgan fingerprint density at radius 3 is 2.16 bits per heavy atom. The molecule has 6 heteroatoms. The maximum atomic E-state index is 12.5. The Hall–Kier alpha value is -2.37. The van der Waals surface area contributed by atoms with E-state index in [-0.39, 0.29) is 23.7 Å². The highest BCUT2D eigenvalue weighted by Gasteiger charge is 2.34. The van der Waals surface area contributed by atoms with Gasteiger partial charge in [-0.3, -0.25) is 9.59 Å². The molecule has 2 amide bonds. The number of benzene rings is 1. The van der Waals surface area contributed by atoms with Crippen molar-refractivity contribution in [2.75, 3.05) is 13.1 Å². The van der Waals surface area contributed by atoms with Gasteiger partial charge in [0.1, 0.15) is 0 Å². The number of amides is 2. The van der Waals surface area contributed by atoms with E-state index in [0.717, 1.165) is 19.3 Å². The highest BCUT2D eigenvalue weighted by atomic mass is 16.4. The Bertz CT molecular complexity index is 634. The summed E-state index contributed by atoms with van der Waals surface area (Å²) in [6, 6.07) is 7.66. The monoisotopic (exact) mass is 344 g/mol. The van der Waals surface area contributed by atoms with Crippen LogP contribution in [0.15, 0.2) is 30.3 Å². The van der Waals surface area contributed by atoms with Crippen LogP contribution in [0.4, 0.5) is 0 Å². The predicted molar refractivity (Wildman–Crippen MR) is 91.6 cm³/mol. The van der Waals surface area contributed by atoms with Crippen LogP contribution in [0, 0.1) is 11.8 Å². The normalized spacial score (nSPS) is 19.8. The molecule has 134 valence electrons. The predicted octanol–water partition coefficient (Wildman–Crippen LogP) is 1.97. The Labute approximate surface area is 147 Å². The number of aliphatic carboxylic acids is 1. The molecule has 0 radical (unpaired) electrons. The lowest BCUT2D eigenvalue weighted by Crippen LogP contribution is -2.47. The van der Waals surface area contributed by atoms with Crippen LogP contribution in [-0.2, 0) is 14.4 Å². The highest BCUT2D eigenvalue weighted by molar-refractivity contribution is 5.86. The van der Waals surface area contributed by atoms with Crippen LogP contribution in [0.25, 0.3) is 0 Å². The van der Waals surface area contributed by atoms with Crippen molar-refractivity contribution in [3.05, 3.63) is 35.9 Å². The fourth-order valence-corrected chi connectivity index (χ4v) is 3.47. The van der Waals surface area contributed by atoms with E-state index < -0.39 is 12.0 Å². The van der Waals surface area contributed by atoms with Gasteiger partial charge in [-0.1, -0.05) is 36.8 Å². The molecule has 1 heterocycles. The number of nitrogens with zero attached hydrogens (tertiary/aromatic N) is 1. The number of carboxylic acid groups (broad SMARTS) is 1. The summed E-state index contributed by atoms with van der Waals surface area (Å²) in [4.78, 5) is 38.1. The molecule has 2 N–H and O–H groups in total. The van der Waals surface area contributed by atoms with Crippen LogP contribution < -0.4 is 5.32 Å². The lowest BCUT2D eigenvalue weighted by molar-refractivity contribution is -0.144. The summed E-state index contributed by atoms with van der Waals surface area (Å²) in [6.07, 6.45) is 4.27. The molecule has 1 aromatic rings. The first kappa shape index (κ1) is 17.5. The number of carbonyl (C=O) groups excluding carboxylic acids is 2. The summed E-state index contributed by atoms with van der Waals surface area (Å²) >= 11 is 0. The van der Waals surface area contributed by atoms with Crippen LogP contribution >= 0.6 is 0 Å². The van der Waals surface area contributed by atoms with Gasteiger partial charge in [-0.05, 0) is 31.2 Å². The molecule has 2 fully saturated rings. The fourth-order valence-electron chi connectivity index (χ4n) is 3.47. The zero-order chi connectivity index (χ0) is 17.8. The Kier molecular flexibility index (Phi) is 5.36. The minimum absolute atomic E-state index is 0.180. The molecule has 1 saturated heterocycles. The minimum Gasteiger partial charge on any atom is -0.479 e. The summed E-state index contributed by atoms with van der Waals surface area (Å²) in [6.45, 7) is 1.16. The van der Waals surface area contributed by atoms with Crippen molar-refractivity contribution in [3.8, 4) is 0 Å². The number of piperidine rings is 1. The molecule has 0 spiro atoms. The molecule has 0 aromatic heterocycles. The maximum Gasteiger partial charge on any atom is 0.330 e. The van der Waals surface area contributed by atoms with Gasteiger partial charge in [0.05, 0.1) is 0 Å². The molecule has 25 heavy (non-hydrogen) atoms. The van der Waals surface area contributed by atoms with E-state index in [1.54, 1.807) is 30.3 Å². The van der Waals surface area contributed by atoms with Gasteiger partial charge in [0.25, 0.3) is 0 Å². The van der Waals surface area contributed by atoms with Gasteiger partial charge in [-0.2, -0.15) is 0 Å². The molecule has 0 bridgehead atoms. The number of nitrogens with one attached hydrogen (secondary N) is 1. The molecule has 1 atom stereocenters. The molecular formula is C19H24N2O4. The number of hydrogen-bond donors (Lipinski definition) is 2. The van der Waals surface area contributed by atoms with E-state index in [1.165, 1.54) is 0 Å². The van der Waals surface area contributed by atoms with E-state index in [9.17, 15) is 19.5 Å². The number of rotatable bonds is 5. The second-order valence-electron chi connectivity index (χ2n) is 6.92. The Morgan fingerprint density at radius 1 is 1.00 bits per heavy atom. The summed E-state index contributed by atoms with van der Waals surface area (Å²) in [5.41, 5.74) is 0.556. The van der Waals surface area contributed by atoms with Crippen LogP contribution in [-0.4, -0.2) is 40.9 Å². The van der Waals surface area contributed by atoms with Crippen molar-refractivity contribution in [2.45, 2.75) is 38.1 Å². The molecule has 1 aromatic carbocycles. The average Bonchev–Trinajstić information content (AvgIpc) is 2.58. The van der Waals surface area contributed by atoms with Crippen molar-refractivity contribution in [1.29, 1.82) is 0 Å². The summed E-state index contributed by atoms with van der Waals surface area (Å²) in [5.74, 6) is -1.15. The topological polar surface area (TPSA) is 86.7 Å². The number of hydrogen-bond acceptors (Lipinski definition) is 3. The standard InChI is InChI=1S/C19H24N2O4/c22-17(20-16(19(24)25)13-5-2-1-3-6-13)14-9-11-21(12-10-14)18(23)15-7-4-8-15/h1-3,5-6,14-16H,4,7-12H2,(H,20,22)(H,24,25)/t16-/m1/s1. The van der Waals surface area contributed by atoms with Crippen molar-refractivity contribution >= 4 is 17.8 Å². The van der Waals surface area contributed by atoms with Crippen molar-refractivity contribution in [3.63, 3.8) is 0 Å². The largest absolute Gasteiger partial charge is 0.479 e. The second-order valence-corrected chi connectivity index (χ2v) is 6.92. The van der Waals surface area contributed by atoms with E-state index in [2.05, 4.69) is 5.32 Å². The lowest BCUT2D eigenvalue weighted by atomic mass is 9.83. The number of likely N-dealkylation sites (tertiary alicyclic amines) is 1. The SMILES string of the molecule is O=C(N[C@@H](C(=O)O)c1ccccc1)C1CCN(C(=O)C2CCC2)CC1. The number of carbonyl (C=O) groups is 3. The maximum absolute atomic E-state index is 12.5. The molecule has 1 aliphatic carbocycles. The molecule has 0 unspecified atom stereocenters. The van der Waals surface area contributed by atoms with E-state index in [4.69, 9.17) is 0 Å². The first-order chi connectivity index (χ1) is 12.1.